The predicted molar refractivity (Wildman–Crippen MR) is 106 cm³/mol. The first-order chi connectivity index (χ1) is 14.1. The Labute approximate surface area is 170 Å². The minimum atomic E-state index is -0.0532. The highest BCUT2D eigenvalue weighted by Gasteiger charge is 2.38. The smallest absolute Gasteiger partial charge is 0.231 e. The van der Waals surface area contributed by atoms with E-state index in [1.165, 1.54) is 4.90 Å². The largest absolute Gasteiger partial charge is 0.497 e. The number of carbonyl (C=O) groups excluding carboxylic acids is 1. The number of hydrogen-bond acceptors (Lipinski definition) is 6. The number of carbonyl (C=O) groups is 1. The third kappa shape index (κ3) is 3.35. The van der Waals surface area contributed by atoms with Crippen LogP contribution in [0.15, 0.2) is 24.3 Å². The molecule has 2 atom stereocenters. The first-order valence-electron chi connectivity index (χ1n) is 9.64. The number of fused-ring (bicyclic) bond motifs is 2. The highest BCUT2D eigenvalue weighted by atomic mass is 16.7. The van der Waals surface area contributed by atoms with Gasteiger partial charge in [-0.15, -0.1) is 0 Å². The molecule has 2 heterocycles. The molecule has 4 rings (SSSR count). The number of benzene rings is 2. The van der Waals surface area contributed by atoms with Crippen LogP contribution in [0.3, 0.4) is 0 Å². The number of hydrogen-bond donors (Lipinski definition) is 1. The van der Waals surface area contributed by atoms with Crippen LogP contribution in [0.25, 0.3) is 0 Å². The van der Waals surface area contributed by atoms with E-state index in [2.05, 4.69) is 7.05 Å². The number of quaternary nitrogens is 1. The molecule has 0 bridgehead atoms. The monoisotopic (exact) mass is 400 g/mol. The van der Waals surface area contributed by atoms with Crippen LogP contribution in [0.4, 0.5) is 0 Å². The Morgan fingerprint density at radius 1 is 1.14 bits per heavy atom. The van der Waals surface area contributed by atoms with E-state index in [0.29, 0.717) is 40.7 Å². The van der Waals surface area contributed by atoms with Crippen molar-refractivity contribution in [2.45, 2.75) is 18.9 Å². The highest BCUT2D eigenvalue weighted by Crippen LogP contribution is 2.48. The molecule has 7 nitrogen and oxygen atoms in total. The van der Waals surface area contributed by atoms with Gasteiger partial charge in [0, 0.05) is 12.5 Å². The summed E-state index contributed by atoms with van der Waals surface area (Å²) in [5.41, 5.74) is 2.73. The van der Waals surface area contributed by atoms with Crippen LogP contribution in [0.5, 0.6) is 28.7 Å². The molecule has 0 aliphatic carbocycles. The van der Waals surface area contributed by atoms with Crippen LogP contribution in [0.1, 0.15) is 33.9 Å². The molecule has 29 heavy (non-hydrogen) atoms. The number of rotatable bonds is 6. The molecular formula is C22H26NO6+. The Bertz CT molecular complexity index is 941. The van der Waals surface area contributed by atoms with Crippen molar-refractivity contribution in [1.29, 1.82) is 0 Å². The fraction of sp³-hybridized carbons (Fsp3) is 0.409. The van der Waals surface area contributed by atoms with E-state index in [9.17, 15) is 4.79 Å². The average molecular weight is 400 g/mol. The summed E-state index contributed by atoms with van der Waals surface area (Å²) >= 11 is 0. The minimum absolute atomic E-state index is 0.0152. The van der Waals surface area contributed by atoms with Gasteiger partial charge in [0.2, 0.25) is 12.5 Å². The van der Waals surface area contributed by atoms with Gasteiger partial charge in [0.15, 0.2) is 17.3 Å². The normalized spacial score (nSPS) is 19.4. The van der Waals surface area contributed by atoms with Crippen molar-refractivity contribution in [3.05, 3.63) is 41.0 Å². The van der Waals surface area contributed by atoms with Crippen molar-refractivity contribution in [2.75, 3.05) is 41.7 Å². The topological polar surface area (TPSA) is 67.7 Å². The molecule has 154 valence electrons. The van der Waals surface area contributed by atoms with E-state index in [1.54, 1.807) is 39.5 Å². The van der Waals surface area contributed by atoms with Crippen molar-refractivity contribution < 1.29 is 33.4 Å². The molecule has 0 radical (unpaired) electrons. The van der Waals surface area contributed by atoms with Gasteiger partial charge in [-0.05, 0) is 23.8 Å². The van der Waals surface area contributed by atoms with Crippen molar-refractivity contribution in [2.24, 2.45) is 0 Å². The Balaban J connectivity index is 1.71. The average Bonchev–Trinajstić information content (AvgIpc) is 3.21. The van der Waals surface area contributed by atoms with Gasteiger partial charge in [0.05, 0.1) is 52.5 Å². The SMILES string of the molecule is COc1ccc(C(=O)C[C@@H]2c3c(cc4c(c3OC)OCO4)CC[NH+]2C)c(OC)c1. The van der Waals surface area contributed by atoms with Gasteiger partial charge in [-0.1, -0.05) is 0 Å². The Morgan fingerprint density at radius 2 is 1.97 bits per heavy atom. The fourth-order valence-electron chi connectivity index (χ4n) is 4.22. The molecule has 1 unspecified atom stereocenters. The molecule has 0 saturated heterocycles. The van der Waals surface area contributed by atoms with E-state index < -0.39 is 0 Å². The quantitative estimate of drug-likeness (QED) is 0.747. The second kappa shape index (κ2) is 7.83. The maximum atomic E-state index is 13.3. The summed E-state index contributed by atoms with van der Waals surface area (Å²) in [5, 5.41) is 0. The lowest BCUT2D eigenvalue weighted by Crippen LogP contribution is -3.10. The van der Waals surface area contributed by atoms with Gasteiger partial charge >= 0.3 is 0 Å². The molecule has 2 aliphatic heterocycles. The standard InChI is InChI=1S/C22H25NO6/c1-23-8-7-13-9-19-21(29-12-28-19)22(27-4)20(13)16(23)11-17(24)15-6-5-14(25-2)10-18(15)26-3/h5-6,9-10,16H,7-8,11-12H2,1-4H3/p+1/t16-/m1/s1. The van der Waals surface area contributed by atoms with Crippen LogP contribution in [0.2, 0.25) is 0 Å². The van der Waals surface area contributed by atoms with Crippen molar-refractivity contribution in [3.8, 4) is 28.7 Å². The van der Waals surface area contributed by atoms with Crippen molar-refractivity contribution in [1.82, 2.24) is 0 Å². The van der Waals surface area contributed by atoms with E-state index in [0.717, 1.165) is 24.1 Å². The van der Waals surface area contributed by atoms with Crippen molar-refractivity contribution in [3.63, 3.8) is 0 Å². The van der Waals surface area contributed by atoms with Crippen LogP contribution < -0.4 is 28.6 Å². The lowest BCUT2D eigenvalue weighted by atomic mass is 9.87. The predicted octanol–water partition coefficient (Wildman–Crippen LogP) is 1.83. The highest BCUT2D eigenvalue weighted by molar-refractivity contribution is 5.99. The van der Waals surface area contributed by atoms with E-state index in [4.69, 9.17) is 23.7 Å². The summed E-state index contributed by atoms with van der Waals surface area (Å²) < 4.78 is 27.6. The van der Waals surface area contributed by atoms with Crippen LogP contribution in [-0.2, 0) is 6.42 Å². The second-order valence-corrected chi connectivity index (χ2v) is 7.31. The van der Waals surface area contributed by atoms with Crippen LogP contribution in [-0.4, -0.2) is 47.5 Å². The molecule has 0 fully saturated rings. The first-order valence-corrected chi connectivity index (χ1v) is 9.64. The maximum Gasteiger partial charge on any atom is 0.231 e. The molecule has 0 spiro atoms. The van der Waals surface area contributed by atoms with E-state index in [1.807, 2.05) is 6.07 Å². The Morgan fingerprint density at radius 3 is 2.69 bits per heavy atom. The first kappa shape index (κ1) is 19.4. The molecule has 0 saturated carbocycles. The summed E-state index contributed by atoms with van der Waals surface area (Å²) in [5.74, 6) is 3.19. The van der Waals surface area contributed by atoms with Crippen LogP contribution in [0, 0.1) is 0 Å². The lowest BCUT2D eigenvalue weighted by Gasteiger charge is -2.32. The number of ether oxygens (including phenoxy) is 5. The van der Waals surface area contributed by atoms with Gasteiger partial charge in [-0.2, -0.15) is 0 Å². The number of Topliss-reactive ketones (excluding diaryl/α,β-unsaturated/α-hetero) is 1. The number of likely N-dealkylation sites (N-methyl/N-ethyl adjacent to an activating group) is 1. The number of ketones is 1. The van der Waals surface area contributed by atoms with Gasteiger partial charge in [-0.25, -0.2) is 0 Å². The van der Waals surface area contributed by atoms with Gasteiger partial charge in [0.25, 0.3) is 0 Å². The van der Waals surface area contributed by atoms with Gasteiger partial charge in [0.1, 0.15) is 17.5 Å². The zero-order chi connectivity index (χ0) is 20.5. The molecule has 2 aliphatic rings. The molecular weight excluding hydrogens is 374 g/mol. The third-order valence-electron chi connectivity index (χ3n) is 5.78. The molecule has 2 aromatic carbocycles. The van der Waals surface area contributed by atoms with E-state index in [-0.39, 0.29) is 18.6 Å². The van der Waals surface area contributed by atoms with E-state index >= 15 is 0 Å². The zero-order valence-corrected chi connectivity index (χ0v) is 17.2. The summed E-state index contributed by atoms with van der Waals surface area (Å²) in [6, 6.07) is 7.24. The molecule has 0 aromatic heterocycles. The van der Waals surface area contributed by atoms with Crippen molar-refractivity contribution >= 4 is 5.78 Å². The Hall–Kier alpha value is -2.93. The number of methoxy groups -OCH3 is 3. The lowest BCUT2D eigenvalue weighted by molar-refractivity contribution is -0.913. The minimum Gasteiger partial charge on any atom is -0.497 e. The molecule has 2 aromatic rings. The summed E-state index contributed by atoms with van der Waals surface area (Å²) in [4.78, 5) is 14.5. The zero-order valence-electron chi connectivity index (χ0n) is 17.2. The molecule has 1 N–H and O–H groups in total. The second-order valence-electron chi connectivity index (χ2n) is 7.31. The van der Waals surface area contributed by atoms with Gasteiger partial charge < -0.3 is 28.6 Å². The molecule has 7 heteroatoms. The molecule has 0 amide bonds. The van der Waals surface area contributed by atoms with Gasteiger partial charge in [-0.3, -0.25) is 4.79 Å². The third-order valence-corrected chi connectivity index (χ3v) is 5.78. The number of nitrogens with one attached hydrogen (secondary N) is 1. The van der Waals surface area contributed by atoms with Crippen LogP contribution >= 0.6 is 0 Å². The summed E-state index contributed by atoms with van der Waals surface area (Å²) in [6.45, 7) is 1.11. The maximum absolute atomic E-state index is 13.3. The summed E-state index contributed by atoms with van der Waals surface area (Å²) in [6.07, 6.45) is 1.22. The summed E-state index contributed by atoms with van der Waals surface area (Å²) in [7, 11) is 6.88. The Kier molecular flexibility index (Phi) is 5.24. The fourth-order valence-corrected chi connectivity index (χ4v) is 4.22.